The summed E-state index contributed by atoms with van der Waals surface area (Å²) in [7, 11) is 0. The van der Waals surface area contributed by atoms with Crippen molar-refractivity contribution in [3.8, 4) is 0 Å². The molecule has 0 aromatic heterocycles. The molecular weight excluding hydrogens is 452 g/mol. The van der Waals surface area contributed by atoms with Gasteiger partial charge >= 0.3 is 5.97 Å². The number of hydrogen-bond donors (Lipinski definition) is 7. The van der Waals surface area contributed by atoms with E-state index in [1.807, 2.05) is 6.26 Å². The van der Waals surface area contributed by atoms with Gasteiger partial charge in [0.25, 0.3) is 0 Å². The summed E-state index contributed by atoms with van der Waals surface area (Å²) in [6, 6.07) is -4.35. The number of hydrogen-bond acceptors (Lipinski definition) is 8. The fraction of sp³-hybridized carbons (Fsp3) is 0.750. The second-order valence-corrected chi connectivity index (χ2v) is 9.01. The minimum Gasteiger partial charge on any atom is -0.480 e. The van der Waals surface area contributed by atoms with Crippen LogP contribution in [0.5, 0.6) is 0 Å². The molecule has 0 spiro atoms. The number of rotatable bonds is 17. The largest absolute Gasteiger partial charge is 0.480 e. The Kier molecular flexibility index (Phi) is 15.1. The van der Waals surface area contributed by atoms with E-state index < -0.39 is 60.2 Å². The van der Waals surface area contributed by atoms with E-state index in [-0.39, 0.29) is 12.3 Å². The van der Waals surface area contributed by atoms with E-state index in [9.17, 15) is 29.1 Å². The molecule has 190 valence electrons. The smallest absolute Gasteiger partial charge is 0.326 e. The SMILES string of the molecule is CSCCC(NC(=O)C(N)C(C)C)C(=O)NC(CCCCN)C(=O)NC(CC(N)=O)C(=O)O. The van der Waals surface area contributed by atoms with Gasteiger partial charge < -0.3 is 38.3 Å². The van der Waals surface area contributed by atoms with Crippen LogP contribution in [0, 0.1) is 5.92 Å². The fourth-order valence-corrected chi connectivity index (χ4v) is 3.25. The molecule has 0 aliphatic rings. The van der Waals surface area contributed by atoms with Crippen molar-refractivity contribution < 1.29 is 29.1 Å². The zero-order chi connectivity index (χ0) is 25.6. The third-order valence-corrected chi connectivity index (χ3v) is 5.51. The van der Waals surface area contributed by atoms with E-state index in [1.54, 1.807) is 13.8 Å². The van der Waals surface area contributed by atoms with Gasteiger partial charge in [-0.1, -0.05) is 13.8 Å². The second-order valence-electron chi connectivity index (χ2n) is 8.03. The highest BCUT2D eigenvalue weighted by atomic mass is 32.2. The zero-order valence-corrected chi connectivity index (χ0v) is 20.3. The minimum atomic E-state index is -1.53. The van der Waals surface area contributed by atoms with Crippen LogP contribution >= 0.6 is 11.8 Å². The predicted molar refractivity (Wildman–Crippen MR) is 126 cm³/mol. The standard InChI is InChI=1S/C20H38N6O6S/c1-11(2)16(23)19(30)25-13(7-9-33-3)18(29)24-12(6-4-5-8-21)17(28)26-14(20(31)32)10-15(22)27/h11-14,16H,4-10,21,23H2,1-3H3,(H2,22,27)(H,24,29)(H,25,30)(H,26,28)(H,31,32). The van der Waals surface area contributed by atoms with Gasteiger partial charge in [-0.3, -0.25) is 19.2 Å². The number of nitrogens with two attached hydrogens (primary N) is 3. The first-order chi connectivity index (χ1) is 15.4. The molecule has 12 nitrogen and oxygen atoms in total. The number of carboxylic acid groups (broad SMARTS) is 1. The maximum absolute atomic E-state index is 13.0. The van der Waals surface area contributed by atoms with E-state index in [4.69, 9.17) is 17.2 Å². The molecule has 4 atom stereocenters. The normalized spacial score (nSPS) is 14.6. The first kappa shape index (κ1) is 30.6. The number of nitrogens with one attached hydrogen (secondary N) is 3. The Morgan fingerprint density at radius 1 is 0.879 bits per heavy atom. The molecule has 33 heavy (non-hydrogen) atoms. The highest BCUT2D eigenvalue weighted by Crippen LogP contribution is 2.07. The summed E-state index contributed by atoms with van der Waals surface area (Å²) in [5, 5.41) is 16.7. The van der Waals surface area contributed by atoms with Gasteiger partial charge in [-0.05, 0) is 50.2 Å². The van der Waals surface area contributed by atoms with Crippen LogP contribution in [0.4, 0.5) is 0 Å². The molecule has 0 aromatic rings. The maximum Gasteiger partial charge on any atom is 0.326 e. The molecule has 0 aliphatic heterocycles. The van der Waals surface area contributed by atoms with Crippen LogP contribution in [0.3, 0.4) is 0 Å². The average Bonchev–Trinajstić information content (AvgIpc) is 2.73. The summed E-state index contributed by atoms with van der Waals surface area (Å²) in [5.74, 6) is -3.75. The molecule has 13 heteroatoms. The van der Waals surface area contributed by atoms with Crippen LogP contribution in [0.15, 0.2) is 0 Å². The molecule has 0 heterocycles. The number of primary amides is 1. The first-order valence-electron chi connectivity index (χ1n) is 10.8. The van der Waals surface area contributed by atoms with Gasteiger partial charge in [0.2, 0.25) is 23.6 Å². The number of amides is 4. The van der Waals surface area contributed by atoms with Crippen LogP contribution in [-0.4, -0.2) is 77.4 Å². The van der Waals surface area contributed by atoms with Gasteiger partial charge in [0.1, 0.15) is 18.1 Å². The molecule has 0 aliphatic carbocycles. The van der Waals surface area contributed by atoms with Crippen molar-refractivity contribution >= 4 is 41.4 Å². The highest BCUT2D eigenvalue weighted by molar-refractivity contribution is 7.98. The molecule has 4 unspecified atom stereocenters. The number of carboxylic acids is 1. The number of carbonyl (C=O) groups is 5. The summed E-state index contributed by atoms with van der Waals surface area (Å²) >= 11 is 1.48. The lowest BCUT2D eigenvalue weighted by atomic mass is 10.0. The average molecular weight is 491 g/mol. The summed E-state index contributed by atoms with van der Waals surface area (Å²) < 4.78 is 0. The minimum absolute atomic E-state index is 0.137. The van der Waals surface area contributed by atoms with E-state index in [0.717, 1.165) is 0 Å². The van der Waals surface area contributed by atoms with Gasteiger partial charge in [0, 0.05) is 0 Å². The lowest BCUT2D eigenvalue weighted by Crippen LogP contribution is -2.57. The van der Waals surface area contributed by atoms with Gasteiger partial charge in [0.15, 0.2) is 0 Å². The van der Waals surface area contributed by atoms with Crippen molar-refractivity contribution in [3.63, 3.8) is 0 Å². The van der Waals surface area contributed by atoms with Gasteiger partial charge in [-0.15, -0.1) is 0 Å². The van der Waals surface area contributed by atoms with Gasteiger partial charge in [0.05, 0.1) is 12.5 Å². The van der Waals surface area contributed by atoms with Crippen molar-refractivity contribution in [1.29, 1.82) is 0 Å². The molecule has 4 amide bonds. The van der Waals surface area contributed by atoms with Crippen LogP contribution < -0.4 is 33.2 Å². The van der Waals surface area contributed by atoms with Crippen LogP contribution in [0.1, 0.15) is 46.0 Å². The Balaban J connectivity index is 5.49. The van der Waals surface area contributed by atoms with E-state index in [2.05, 4.69) is 16.0 Å². The number of aliphatic carboxylic acids is 1. The lowest BCUT2D eigenvalue weighted by Gasteiger charge is -2.25. The Hall–Kier alpha value is -2.38. The van der Waals surface area contributed by atoms with Crippen molar-refractivity contribution in [2.45, 2.75) is 70.1 Å². The first-order valence-corrected chi connectivity index (χ1v) is 12.2. The Labute approximate surface area is 198 Å². The summed E-state index contributed by atoms with van der Waals surface area (Å²) in [6.45, 7) is 3.94. The van der Waals surface area contributed by atoms with Crippen molar-refractivity contribution in [2.75, 3.05) is 18.6 Å². The summed E-state index contributed by atoms with van der Waals surface area (Å²) in [4.78, 5) is 60.6. The van der Waals surface area contributed by atoms with E-state index in [0.29, 0.717) is 31.6 Å². The third-order valence-electron chi connectivity index (χ3n) is 4.86. The van der Waals surface area contributed by atoms with Gasteiger partial charge in [-0.25, -0.2) is 4.79 Å². The topological polar surface area (TPSA) is 220 Å². The molecule has 0 saturated heterocycles. The Bertz CT molecular complexity index is 677. The summed E-state index contributed by atoms with van der Waals surface area (Å²) in [5.41, 5.74) is 16.4. The lowest BCUT2D eigenvalue weighted by molar-refractivity contribution is -0.143. The zero-order valence-electron chi connectivity index (χ0n) is 19.5. The summed E-state index contributed by atoms with van der Waals surface area (Å²) in [6.07, 6.45) is 2.82. The second kappa shape index (κ2) is 16.3. The molecule has 0 rings (SSSR count). The predicted octanol–water partition coefficient (Wildman–Crippen LogP) is -1.73. The Morgan fingerprint density at radius 2 is 1.39 bits per heavy atom. The van der Waals surface area contributed by atoms with E-state index in [1.165, 1.54) is 11.8 Å². The van der Waals surface area contributed by atoms with Crippen molar-refractivity contribution in [3.05, 3.63) is 0 Å². The highest BCUT2D eigenvalue weighted by Gasteiger charge is 2.30. The quantitative estimate of drug-likeness (QED) is 0.115. The van der Waals surface area contributed by atoms with E-state index >= 15 is 0 Å². The van der Waals surface area contributed by atoms with Gasteiger partial charge in [-0.2, -0.15) is 11.8 Å². The van der Waals surface area contributed by atoms with Crippen LogP contribution in [-0.2, 0) is 24.0 Å². The molecule has 10 N–H and O–H groups in total. The molecule has 0 fully saturated rings. The number of thioether (sulfide) groups is 1. The molecule has 0 aromatic carbocycles. The van der Waals surface area contributed by atoms with Crippen molar-refractivity contribution in [1.82, 2.24) is 16.0 Å². The maximum atomic E-state index is 13.0. The number of unbranched alkanes of at least 4 members (excludes halogenated alkanes) is 1. The molecule has 0 radical (unpaired) electrons. The number of carbonyl (C=O) groups excluding carboxylic acids is 4. The molecule has 0 bridgehead atoms. The van der Waals surface area contributed by atoms with Crippen molar-refractivity contribution in [2.24, 2.45) is 23.1 Å². The van der Waals surface area contributed by atoms with Crippen LogP contribution in [0.25, 0.3) is 0 Å². The third kappa shape index (κ3) is 12.4. The molecule has 0 saturated carbocycles. The fourth-order valence-electron chi connectivity index (χ4n) is 2.78. The van der Waals surface area contributed by atoms with Crippen LogP contribution in [0.2, 0.25) is 0 Å². The molecular formula is C20H38N6O6S. The monoisotopic (exact) mass is 490 g/mol. The Morgan fingerprint density at radius 3 is 1.85 bits per heavy atom.